The van der Waals surface area contributed by atoms with Crippen molar-refractivity contribution < 1.29 is 8.42 Å². The number of benzene rings is 1. The van der Waals surface area contributed by atoms with Gasteiger partial charge in [0.2, 0.25) is 10.0 Å². The van der Waals surface area contributed by atoms with Gasteiger partial charge in [-0.3, -0.25) is 4.98 Å². The molecule has 0 unspecified atom stereocenters. The fraction of sp³-hybridized carbons (Fsp3) is 0.214. The van der Waals surface area contributed by atoms with Crippen LogP contribution in [0.4, 0.5) is 5.69 Å². The zero-order valence-electron chi connectivity index (χ0n) is 11.4. The Morgan fingerprint density at radius 3 is 2.60 bits per heavy atom. The number of hydrogen-bond acceptors (Lipinski definition) is 4. The zero-order valence-corrected chi connectivity index (χ0v) is 12.2. The lowest BCUT2D eigenvalue weighted by Crippen LogP contribution is -2.23. The molecule has 106 valence electrons. The highest BCUT2D eigenvalue weighted by atomic mass is 32.2. The van der Waals surface area contributed by atoms with Gasteiger partial charge in [-0.05, 0) is 48.7 Å². The summed E-state index contributed by atoms with van der Waals surface area (Å²) in [6, 6.07) is 6.55. The van der Waals surface area contributed by atoms with Crippen molar-refractivity contribution in [2.24, 2.45) is 0 Å². The molecule has 6 heteroatoms. The summed E-state index contributed by atoms with van der Waals surface area (Å²) in [5.41, 5.74) is 8.90. The van der Waals surface area contributed by atoms with E-state index in [2.05, 4.69) is 9.71 Å². The van der Waals surface area contributed by atoms with Gasteiger partial charge < -0.3 is 5.73 Å². The monoisotopic (exact) mass is 291 g/mol. The third-order valence-corrected chi connectivity index (χ3v) is 4.56. The Balaban J connectivity index is 2.19. The Bertz CT molecular complexity index is 727. The second kappa shape index (κ2) is 5.60. The standard InChI is InChI=1S/C14H17N3O2S/c1-10-5-6-16-8-12(10)9-17-20(18,19)13-4-3-11(2)14(15)7-13/h3-8,17H,9,15H2,1-2H3. The van der Waals surface area contributed by atoms with Crippen LogP contribution in [0.15, 0.2) is 41.6 Å². The molecule has 0 saturated heterocycles. The van der Waals surface area contributed by atoms with Crippen LogP contribution in [-0.2, 0) is 16.6 Å². The molecule has 0 aliphatic heterocycles. The van der Waals surface area contributed by atoms with E-state index in [-0.39, 0.29) is 11.4 Å². The van der Waals surface area contributed by atoms with Crippen molar-refractivity contribution in [2.45, 2.75) is 25.3 Å². The molecule has 1 heterocycles. The quantitative estimate of drug-likeness (QED) is 0.841. The lowest BCUT2D eigenvalue weighted by molar-refractivity contribution is 0.581. The van der Waals surface area contributed by atoms with Crippen molar-refractivity contribution in [3.05, 3.63) is 53.3 Å². The summed E-state index contributed by atoms with van der Waals surface area (Å²) in [4.78, 5) is 4.16. The molecule has 2 rings (SSSR count). The van der Waals surface area contributed by atoms with Gasteiger partial charge in [0.15, 0.2) is 0 Å². The number of nitrogens with one attached hydrogen (secondary N) is 1. The first-order valence-electron chi connectivity index (χ1n) is 6.15. The van der Waals surface area contributed by atoms with E-state index >= 15 is 0 Å². The molecule has 0 radical (unpaired) electrons. The first-order chi connectivity index (χ1) is 9.40. The smallest absolute Gasteiger partial charge is 0.240 e. The summed E-state index contributed by atoms with van der Waals surface area (Å²) in [5.74, 6) is 0. The van der Waals surface area contributed by atoms with Gasteiger partial charge in [0.05, 0.1) is 4.90 Å². The van der Waals surface area contributed by atoms with Crippen LogP contribution < -0.4 is 10.5 Å². The van der Waals surface area contributed by atoms with Gasteiger partial charge in [0, 0.05) is 24.6 Å². The molecule has 2 aromatic rings. The summed E-state index contributed by atoms with van der Waals surface area (Å²) in [6.07, 6.45) is 3.33. The van der Waals surface area contributed by atoms with Crippen LogP contribution in [-0.4, -0.2) is 13.4 Å². The Morgan fingerprint density at radius 2 is 1.95 bits per heavy atom. The highest BCUT2D eigenvalue weighted by molar-refractivity contribution is 7.89. The molecule has 0 spiro atoms. The largest absolute Gasteiger partial charge is 0.398 e. The summed E-state index contributed by atoms with van der Waals surface area (Å²) in [5, 5.41) is 0. The molecule has 0 aliphatic carbocycles. The lowest BCUT2D eigenvalue weighted by Gasteiger charge is -2.09. The molecule has 0 amide bonds. The second-order valence-electron chi connectivity index (χ2n) is 4.65. The molecular formula is C14H17N3O2S. The number of aryl methyl sites for hydroxylation is 2. The number of pyridine rings is 1. The molecule has 1 aromatic carbocycles. The maximum absolute atomic E-state index is 12.2. The third-order valence-electron chi connectivity index (χ3n) is 3.16. The van der Waals surface area contributed by atoms with E-state index in [4.69, 9.17) is 5.73 Å². The number of hydrogen-bond donors (Lipinski definition) is 2. The van der Waals surface area contributed by atoms with Crippen molar-refractivity contribution in [3.8, 4) is 0 Å². The summed E-state index contributed by atoms with van der Waals surface area (Å²) >= 11 is 0. The predicted molar refractivity (Wildman–Crippen MR) is 78.6 cm³/mol. The second-order valence-corrected chi connectivity index (χ2v) is 6.41. The Hall–Kier alpha value is -1.92. The van der Waals surface area contributed by atoms with Crippen LogP contribution in [0.2, 0.25) is 0 Å². The SMILES string of the molecule is Cc1ccc(S(=O)(=O)NCc2cnccc2C)cc1N. The minimum atomic E-state index is -3.57. The fourth-order valence-corrected chi connectivity index (χ4v) is 2.77. The van der Waals surface area contributed by atoms with Gasteiger partial charge in [-0.1, -0.05) is 6.07 Å². The number of aromatic nitrogens is 1. The van der Waals surface area contributed by atoms with Crippen LogP contribution in [0.25, 0.3) is 0 Å². The van der Waals surface area contributed by atoms with Crippen molar-refractivity contribution in [1.29, 1.82) is 0 Å². The van der Waals surface area contributed by atoms with Crippen molar-refractivity contribution in [2.75, 3.05) is 5.73 Å². The molecule has 0 atom stereocenters. The van der Waals surface area contributed by atoms with Crippen LogP contribution in [0.1, 0.15) is 16.7 Å². The number of sulfonamides is 1. The maximum Gasteiger partial charge on any atom is 0.240 e. The maximum atomic E-state index is 12.2. The minimum Gasteiger partial charge on any atom is -0.398 e. The average molecular weight is 291 g/mol. The van der Waals surface area contributed by atoms with Crippen LogP contribution in [0.3, 0.4) is 0 Å². The van der Waals surface area contributed by atoms with E-state index in [0.717, 1.165) is 16.7 Å². The molecule has 1 aromatic heterocycles. The lowest BCUT2D eigenvalue weighted by atomic mass is 10.2. The number of rotatable bonds is 4. The van der Waals surface area contributed by atoms with Crippen molar-refractivity contribution in [1.82, 2.24) is 9.71 Å². The van der Waals surface area contributed by atoms with Crippen LogP contribution in [0, 0.1) is 13.8 Å². The van der Waals surface area contributed by atoms with E-state index < -0.39 is 10.0 Å². The number of anilines is 1. The van der Waals surface area contributed by atoms with Crippen molar-refractivity contribution >= 4 is 15.7 Å². The first kappa shape index (κ1) is 14.5. The van der Waals surface area contributed by atoms with Crippen molar-refractivity contribution in [3.63, 3.8) is 0 Å². The molecule has 0 bridgehead atoms. The molecule has 0 aliphatic rings. The number of nitrogens with two attached hydrogens (primary N) is 1. The van der Waals surface area contributed by atoms with E-state index in [9.17, 15) is 8.42 Å². The molecular weight excluding hydrogens is 274 g/mol. The molecule has 20 heavy (non-hydrogen) atoms. The Kier molecular flexibility index (Phi) is 4.06. The normalized spacial score (nSPS) is 11.5. The first-order valence-corrected chi connectivity index (χ1v) is 7.64. The van der Waals surface area contributed by atoms with E-state index in [1.807, 2.05) is 19.9 Å². The molecule has 3 N–H and O–H groups in total. The predicted octanol–water partition coefficient (Wildman–Crippen LogP) is 1.76. The zero-order chi connectivity index (χ0) is 14.8. The highest BCUT2D eigenvalue weighted by Crippen LogP contribution is 2.17. The van der Waals surface area contributed by atoms with Gasteiger partial charge in [-0.2, -0.15) is 0 Å². The Morgan fingerprint density at radius 1 is 1.20 bits per heavy atom. The fourth-order valence-electron chi connectivity index (χ4n) is 1.72. The summed E-state index contributed by atoms with van der Waals surface area (Å²) in [6.45, 7) is 3.95. The van der Waals surface area contributed by atoms with Gasteiger partial charge in [-0.15, -0.1) is 0 Å². The summed E-state index contributed by atoms with van der Waals surface area (Å²) in [7, 11) is -3.57. The minimum absolute atomic E-state index is 0.169. The average Bonchev–Trinajstić information content (AvgIpc) is 2.41. The molecule has 0 fully saturated rings. The van der Waals surface area contributed by atoms with E-state index in [0.29, 0.717) is 5.69 Å². The highest BCUT2D eigenvalue weighted by Gasteiger charge is 2.15. The topological polar surface area (TPSA) is 85.1 Å². The Labute approximate surface area is 118 Å². The van der Waals surface area contributed by atoms with Gasteiger partial charge in [0.1, 0.15) is 0 Å². The van der Waals surface area contributed by atoms with Crippen LogP contribution in [0.5, 0.6) is 0 Å². The van der Waals surface area contributed by atoms with E-state index in [1.165, 1.54) is 6.07 Å². The van der Waals surface area contributed by atoms with Crippen LogP contribution >= 0.6 is 0 Å². The number of nitrogen functional groups attached to an aromatic ring is 1. The summed E-state index contributed by atoms with van der Waals surface area (Å²) < 4.78 is 26.9. The van der Waals surface area contributed by atoms with Gasteiger partial charge >= 0.3 is 0 Å². The molecule has 0 saturated carbocycles. The number of nitrogens with zero attached hydrogens (tertiary/aromatic N) is 1. The molecule has 5 nitrogen and oxygen atoms in total. The van der Waals surface area contributed by atoms with Gasteiger partial charge in [0.25, 0.3) is 0 Å². The third kappa shape index (κ3) is 3.15. The van der Waals surface area contributed by atoms with Gasteiger partial charge in [-0.25, -0.2) is 13.1 Å². The van der Waals surface area contributed by atoms with E-state index in [1.54, 1.807) is 24.5 Å².